The predicted molar refractivity (Wildman–Crippen MR) is 92.0 cm³/mol. The van der Waals surface area contributed by atoms with Crippen LogP contribution in [0.2, 0.25) is 0 Å². The number of phenolic OH excluding ortho intramolecular Hbond substituents is 1. The third kappa shape index (κ3) is 1.15. The lowest BCUT2D eigenvalue weighted by molar-refractivity contribution is -0.834. The summed E-state index contributed by atoms with van der Waals surface area (Å²) in [7, 11) is 2.33. The standard InChI is InChI=1S/C21H23NO4/c1-22(9-11-2-3-11)18-19(22)8-12-4-5-13(23)16-15(12)20(10-19)17(26-16)14(24)6-7-21(18,20)25/h4-5,11,17-18,25H,2-3,6-10H2,1H3/p+1/t17-,18+,19?,20-,21+,22?/m0/s1. The van der Waals surface area contributed by atoms with Crippen LogP contribution in [0.4, 0.5) is 0 Å². The zero-order chi connectivity index (χ0) is 17.7. The fourth-order valence-electron chi connectivity index (χ4n) is 8.09. The van der Waals surface area contributed by atoms with Gasteiger partial charge in [-0.05, 0) is 30.9 Å². The fraction of sp³-hybridized carbons (Fsp3) is 0.667. The van der Waals surface area contributed by atoms with E-state index in [2.05, 4.69) is 7.05 Å². The van der Waals surface area contributed by atoms with Gasteiger partial charge >= 0.3 is 0 Å². The molecule has 2 aliphatic heterocycles. The number of phenols is 1. The van der Waals surface area contributed by atoms with Gasteiger partial charge in [-0.2, -0.15) is 0 Å². The van der Waals surface area contributed by atoms with Crippen molar-refractivity contribution < 1.29 is 24.2 Å². The number of ether oxygens (including phenoxy) is 1. The highest BCUT2D eigenvalue weighted by Gasteiger charge is 2.96. The maximum atomic E-state index is 12.8. The van der Waals surface area contributed by atoms with E-state index in [9.17, 15) is 15.0 Å². The summed E-state index contributed by atoms with van der Waals surface area (Å²) < 4.78 is 7.06. The van der Waals surface area contributed by atoms with Crippen LogP contribution in [0.5, 0.6) is 11.5 Å². The second kappa shape index (κ2) is 3.69. The lowest BCUT2D eigenvalue weighted by Crippen LogP contribution is -2.67. The molecule has 5 heteroatoms. The molecule has 6 aliphatic rings. The van der Waals surface area contributed by atoms with Gasteiger partial charge in [0.05, 0.1) is 19.0 Å². The van der Waals surface area contributed by atoms with Gasteiger partial charge in [-0.1, -0.05) is 6.07 Å². The molecule has 26 heavy (non-hydrogen) atoms. The molecule has 136 valence electrons. The summed E-state index contributed by atoms with van der Waals surface area (Å²) in [5.41, 5.74) is 0.624. The highest BCUT2D eigenvalue weighted by atomic mass is 16.5. The number of benzene rings is 1. The molecular weight excluding hydrogens is 330 g/mol. The number of fused-ring (bicyclic) bond motifs is 1. The number of Topliss-reactive ketones (excluding diaryl/α,β-unsaturated/α-hetero) is 1. The van der Waals surface area contributed by atoms with E-state index in [1.54, 1.807) is 6.07 Å². The smallest absolute Gasteiger partial charge is 0.175 e. The zero-order valence-corrected chi connectivity index (χ0v) is 15.0. The minimum atomic E-state index is -0.903. The van der Waals surface area contributed by atoms with Crippen LogP contribution < -0.4 is 4.74 Å². The average Bonchev–Trinajstić information content (AvgIpc) is 3.41. The Hall–Kier alpha value is -1.59. The molecule has 2 spiro atoms. The number of carbonyl (C=O) groups is 1. The summed E-state index contributed by atoms with van der Waals surface area (Å²) in [6.45, 7) is 1.16. The van der Waals surface area contributed by atoms with Gasteiger partial charge in [-0.15, -0.1) is 0 Å². The Morgan fingerprint density at radius 2 is 2.15 bits per heavy atom. The largest absolute Gasteiger partial charge is 0.504 e. The number of likely N-dealkylation sites (tertiary alicyclic amines) is 1. The first-order valence-corrected chi connectivity index (χ1v) is 10.00. The van der Waals surface area contributed by atoms with Gasteiger partial charge in [-0.3, -0.25) is 4.79 Å². The number of carbonyl (C=O) groups excluding carboxylic acids is 1. The molecule has 1 saturated heterocycles. The second-order valence-electron chi connectivity index (χ2n) is 10.1. The van der Waals surface area contributed by atoms with E-state index in [4.69, 9.17) is 4.74 Å². The lowest BCUT2D eigenvalue weighted by atomic mass is 9.56. The van der Waals surface area contributed by atoms with E-state index < -0.39 is 17.1 Å². The van der Waals surface area contributed by atoms with Crippen LogP contribution in [0.3, 0.4) is 0 Å². The first-order chi connectivity index (χ1) is 12.4. The molecule has 6 atom stereocenters. The number of aromatic hydroxyl groups is 1. The van der Waals surface area contributed by atoms with Crippen molar-refractivity contribution in [3.8, 4) is 11.5 Å². The summed E-state index contributed by atoms with van der Waals surface area (Å²) in [6, 6.07) is 3.90. The summed E-state index contributed by atoms with van der Waals surface area (Å²) in [6.07, 6.45) is 4.68. The van der Waals surface area contributed by atoms with Crippen molar-refractivity contribution in [3.05, 3.63) is 23.3 Å². The van der Waals surface area contributed by atoms with Crippen LogP contribution in [0.15, 0.2) is 12.1 Å². The first-order valence-electron chi connectivity index (χ1n) is 10.00. The number of ketones is 1. The van der Waals surface area contributed by atoms with Crippen LogP contribution in [0, 0.1) is 5.92 Å². The molecular formula is C21H24NO4+. The number of rotatable bonds is 2. The van der Waals surface area contributed by atoms with Gasteiger partial charge in [0, 0.05) is 30.7 Å². The number of hydrogen-bond acceptors (Lipinski definition) is 4. The van der Waals surface area contributed by atoms with Gasteiger partial charge < -0.3 is 19.4 Å². The van der Waals surface area contributed by atoms with Crippen LogP contribution in [0.25, 0.3) is 0 Å². The van der Waals surface area contributed by atoms with Crippen molar-refractivity contribution in [2.24, 2.45) is 5.92 Å². The van der Waals surface area contributed by atoms with Gasteiger partial charge in [0.25, 0.3) is 0 Å². The van der Waals surface area contributed by atoms with Crippen molar-refractivity contribution in [1.29, 1.82) is 0 Å². The molecule has 2 unspecified atom stereocenters. The Morgan fingerprint density at radius 3 is 2.92 bits per heavy atom. The molecule has 3 saturated carbocycles. The quantitative estimate of drug-likeness (QED) is 0.623. The molecule has 2 bridgehead atoms. The van der Waals surface area contributed by atoms with Crippen LogP contribution in [-0.4, -0.2) is 57.4 Å². The normalized spacial score (nSPS) is 51.7. The second-order valence-corrected chi connectivity index (χ2v) is 10.1. The summed E-state index contributed by atoms with van der Waals surface area (Å²) >= 11 is 0. The van der Waals surface area contributed by atoms with E-state index in [0.29, 0.717) is 18.6 Å². The van der Waals surface area contributed by atoms with Gasteiger partial charge in [-0.25, -0.2) is 0 Å². The zero-order valence-electron chi connectivity index (χ0n) is 15.0. The van der Waals surface area contributed by atoms with Crippen molar-refractivity contribution in [1.82, 2.24) is 0 Å². The Morgan fingerprint density at radius 1 is 1.35 bits per heavy atom. The molecule has 1 aromatic rings. The Balaban J connectivity index is 1.51. The van der Waals surface area contributed by atoms with Gasteiger partial charge in [0.1, 0.15) is 5.60 Å². The number of hydrogen-bond donors (Lipinski definition) is 2. The topological polar surface area (TPSA) is 66.8 Å². The minimum Gasteiger partial charge on any atom is -0.504 e. The number of aliphatic hydroxyl groups is 1. The van der Waals surface area contributed by atoms with E-state index in [0.717, 1.165) is 35.4 Å². The number of quaternary nitrogens is 1. The summed E-state index contributed by atoms with van der Waals surface area (Å²) in [5, 5.41) is 22.6. The molecule has 4 aliphatic carbocycles. The Bertz CT molecular complexity index is 925. The molecule has 4 fully saturated rings. The number of likely N-dealkylation sites (N-methyl/N-ethyl adjacent to an activating group) is 1. The Kier molecular flexibility index (Phi) is 2.06. The molecule has 7 rings (SSSR count). The molecule has 1 aromatic carbocycles. The average molecular weight is 354 g/mol. The summed E-state index contributed by atoms with van der Waals surface area (Å²) in [5.74, 6) is 1.46. The lowest BCUT2D eigenvalue weighted by Gasteiger charge is -2.50. The van der Waals surface area contributed by atoms with Crippen molar-refractivity contribution in [2.45, 2.75) is 67.2 Å². The SMILES string of the molecule is C[N+]1(CC2CC2)[C@@H]2C13Cc1ccc(O)c4c1[C@@]1(C3)[C@@H](O4)C(=O)CC[C@@]21O. The van der Waals surface area contributed by atoms with E-state index in [1.165, 1.54) is 18.4 Å². The Labute approximate surface area is 152 Å². The molecule has 2 N–H and O–H groups in total. The molecule has 0 radical (unpaired) electrons. The highest BCUT2D eigenvalue weighted by molar-refractivity contribution is 5.90. The highest BCUT2D eigenvalue weighted by Crippen LogP contribution is 2.79. The monoisotopic (exact) mass is 354 g/mol. The van der Waals surface area contributed by atoms with Crippen LogP contribution in [-0.2, 0) is 16.6 Å². The third-order valence-corrected chi connectivity index (χ3v) is 9.07. The van der Waals surface area contributed by atoms with Gasteiger partial charge in [0.2, 0.25) is 0 Å². The van der Waals surface area contributed by atoms with Gasteiger partial charge in [0.15, 0.2) is 35.0 Å². The van der Waals surface area contributed by atoms with Crippen molar-refractivity contribution in [2.75, 3.05) is 13.6 Å². The summed E-state index contributed by atoms with van der Waals surface area (Å²) in [4.78, 5) is 12.8. The maximum absolute atomic E-state index is 12.8. The molecule has 5 nitrogen and oxygen atoms in total. The van der Waals surface area contributed by atoms with E-state index >= 15 is 0 Å². The van der Waals surface area contributed by atoms with E-state index in [-0.39, 0.29) is 23.1 Å². The predicted octanol–water partition coefficient (Wildman–Crippen LogP) is 1.42. The van der Waals surface area contributed by atoms with Crippen LogP contribution in [0.1, 0.15) is 43.2 Å². The fourth-order valence-corrected chi connectivity index (χ4v) is 8.09. The van der Waals surface area contributed by atoms with Crippen LogP contribution >= 0.6 is 0 Å². The molecule has 0 aromatic heterocycles. The maximum Gasteiger partial charge on any atom is 0.175 e. The van der Waals surface area contributed by atoms with Crippen molar-refractivity contribution >= 4 is 5.78 Å². The minimum absolute atomic E-state index is 0.0369. The third-order valence-electron chi connectivity index (χ3n) is 9.07. The molecule has 2 heterocycles. The first kappa shape index (κ1) is 14.5. The van der Waals surface area contributed by atoms with Crippen molar-refractivity contribution in [3.63, 3.8) is 0 Å². The number of piperidine rings is 1. The van der Waals surface area contributed by atoms with E-state index in [1.807, 2.05) is 6.07 Å². The molecule has 0 amide bonds. The number of nitrogens with zero attached hydrogens (tertiary/aromatic N) is 1.